The molecule has 0 saturated heterocycles. The molecule has 1 rings (SSSR count). The number of carboxylic acid groups (broad SMARTS) is 1. The van der Waals surface area contributed by atoms with Crippen molar-refractivity contribution in [2.45, 2.75) is 26.1 Å². The molecule has 1 atom stereocenters. The third kappa shape index (κ3) is 3.32. The highest BCUT2D eigenvalue weighted by molar-refractivity contribution is 5.74. The largest absolute Gasteiger partial charge is 0.479 e. The minimum atomic E-state index is -1.07. The summed E-state index contributed by atoms with van der Waals surface area (Å²) in [6.07, 6.45) is -1.23. The van der Waals surface area contributed by atoms with E-state index in [0.717, 1.165) is 0 Å². The van der Waals surface area contributed by atoms with E-state index in [4.69, 9.17) is 9.84 Å². The monoisotopic (exact) mass is 212 g/mol. The fourth-order valence-electron chi connectivity index (χ4n) is 1.19. The summed E-state index contributed by atoms with van der Waals surface area (Å²) in [5, 5.41) is 8.93. The van der Waals surface area contributed by atoms with Crippen LogP contribution in [0.1, 0.15) is 25.5 Å². The molecule has 0 spiro atoms. The first kappa shape index (κ1) is 11.7. The molecule has 0 fully saturated rings. The zero-order chi connectivity index (χ0) is 11.4. The molecule has 1 aromatic rings. The minimum Gasteiger partial charge on any atom is -0.479 e. The van der Waals surface area contributed by atoms with E-state index in [9.17, 15) is 9.18 Å². The van der Waals surface area contributed by atoms with E-state index in [2.05, 4.69) is 0 Å². The van der Waals surface area contributed by atoms with Crippen LogP contribution < -0.4 is 0 Å². The molecule has 82 valence electrons. The summed E-state index contributed by atoms with van der Waals surface area (Å²) in [7, 11) is 0. The van der Waals surface area contributed by atoms with Gasteiger partial charge in [-0.15, -0.1) is 0 Å². The molecular formula is C11H13FO3. The van der Waals surface area contributed by atoms with Crippen LogP contribution in [0.2, 0.25) is 0 Å². The normalized spacial score (nSPS) is 12.8. The summed E-state index contributed by atoms with van der Waals surface area (Å²) in [6, 6.07) is 5.26. The van der Waals surface area contributed by atoms with E-state index in [1.807, 2.05) is 0 Å². The maximum absolute atomic E-state index is 12.6. The number of halogens is 1. The number of carbonyl (C=O) groups is 1. The number of ether oxygens (including phenoxy) is 1. The van der Waals surface area contributed by atoms with Gasteiger partial charge in [-0.25, -0.2) is 9.18 Å². The number of carboxylic acids is 1. The van der Waals surface area contributed by atoms with Crippen LogP contribution in [-0.2, 0) is 9.53 Å². The molecule has 0 aromatic heterocycles. The van der Waals surface area contributed by atoms with E-state index in [1.165, 1.54) is 24.3 Å². The highest BCUT2D eigenvalue weighted by atomic mass is 19.1. The van der Waals surface area contributed by atoms with Crippen molar-refractivity contribution >= 4 is 5.97 Å². The van der Waals surface area contributed by atoms with Crippen molar-refractivity contribution < 1.29 is 19.0 Å². The van der Waals surface area contributed by atoms with Gasteiger partial charge >= 0.3 is 5.97 Å². The van der Waals surface area contributed by atoms with Gasteiger partial charge < -0.3 is 9.84 Å². The first-order valence-electron chi connectivity index (χ1n) is 4.64. The van der Waals surface area contributed by atoms with Gasteiger partial charge in [0.05, 0.1) is 6.10 Å². The smallest absolute Gasteiger partial charge is 0.337 e. The van der Waals surface area contributed by atoms with Crippen molar-refractivity contribution in [3.63, 3.8) is 0 Å². The molecule has 0 heterocycles. The fraction of sp³-hybridized carbons (Fsp3) is 0.364. The van der Waals surface area contributed by atoms with Crippen molar-refractivity contribution in [3.05, 3.63) is 35.6 Å². The SMILES string of the molecule is CC(C)O[C@H](C(=O)O)c1ccc(F)cc1. The molecule has 4 heteroatoms. The molecule has 0 saturated carbocycles. The van der Waals surface area contributed by atoms with E-state index >= 15 is 0 Å². The summed E-state index contributed by atoms with van der Waals surface area (Å²) >= 11 is 0. The molecule has 15 heavy (non-hydrogen) atoms. The molecule has 0 aliphatic heterocycles. The minimum absolute atomic E-state index is 0.198. The van der Waals surface area contributed by atoms with Gasteiger partial charge in [-0.3, -0.25) is 0 Å². The van der Waals surface area contributed by atoms with Gasteiger partial charge in [0.25, 0.3) is 0 Å². The number of aliphatic carboxylic acids is 1. The second-order valence-corrected chi connectivity index (χ2v) is 3.45. The average molecular weight is 212 g/mol. The maximum Gasteiger partial charge on any atom is 0.337 e. The number of hydrogen-bond donors (Lipinski definition) is 1. The van der Waals surface area contributed by atoms with Crippen LogP contribution in [0.4, 0.5) is 4.39 Å². The Hall–Kier alpha value is -1.42. The molecule has 0 amide bonds. The average Bonchev–Trinajstić information content (AvgIpc) is 2.15. The highest BCUT2D eigenvalue weighted by Gasteiger charge is 2.21. The van der Waals surface area contributed by atoms with Gasteiger partial charge in [0.15, 0.2) is 6.10 Å². The van der Waals surface area contributed by atoms with Crippen LogP contribution in [0, 0.1) is 5.82 Å². The molecular weight excluding hydrogens is 199 g/mol. The Morgan fingerprint density at radius 3 is 2.27 bits per heavy atom. The van der Waals surface area contributed by atoms with E-state index in [1.54, 1.807) is 13.8 Å². The summed E-state index contributed by atoms with van der Waals surface area (Å²) in [5.41, 5.74) is 0.442. The number of hydrogen-bond acceptors (Lipinski definition) is 2. The fourth-order valence-corrected chi connectivity index (χ4v) is 1.19. The van der Waals surface area contributed by atoms with E-state index in [-0.39, 0.29) is 6.10 Å². The Kier molecular flexibility index (Phi) is 3.80. The van der Waals surface area contributed by atoms with Gasteiger partial charge in [0, 0.05) is 0 Å². The Balaban J connectivity index is 2.89. The lowest BCUT2D eigenvalue weighted by Gasteiger charge is -2.16. The Bertz CT molecular complexity index is 332. The zero-order valence-corrected chi connectivity index (χ0v) is 8.61. The Labute approximate surface area is 87.5 Å². The van der Waals surface area contributed by atoms with Crippen LogP contribution in [0.5, 0.6) is 0 Å². The topological polar surface area (TPSA) is 46.5 Å². The Morgan fingerprint density at radius 2 is 1.87 bits per heavy atom. The molecule has 1 N–H and O–H groups in total. The number of benzene rings is 1. The van der Waals surface area contributed by atoms with Gasteiger partial charge in [0.1, 0.15) is 5.82 Å². The number of rotatable bonds is 4. The maximum atomic E-state index is 12.6. The summed E-state index contributed by atoms with van der Waals surface area (Å²) in [5.74, 6) is -1.47. The van der Waals surface area contributed by atoms with Crippen molar-refractivity contribution in [2.75, 3.05) is 0 Å². The van der Waals surface area contributed by atoms with Crippen molar-refractivity contribution in [1.82, 2.24) is 0 Å². The first-order chi connectivity index (χ1) is 7.00. The van der Waals surface area contributed by atoms with Crippen LogP contribution in [0.3, 0.4) is 0 Å². The lowest BCUT2D eigenvalue weighted by atomic mass is 10.1. The van der Waals surface area contributed by atoms with Crippen LogP contribution in [0.25, 0.3) is 0 Å². The third-order valence-corrected chi connectivity index (χ3v) is 1.81. The van der Waals surface area contributed by atoms with Gasteiger partial charge in [-0.2, -0.15) is 0 Å². The summed E-state index contributed by atoms with van der Waals surface area (Å²) in [6.45, 7) is 3.50. The summed E-state index contributed by atoms with van der Waals surface area (Å²) in [4.78, 5) is 10.9. The van der Waals surface area contributed by atoms with E-state index in [0.29, 0.717) is 5.56 Å². The molecule has 1 aromatic carbocycles. The third-order valence-electron chi connectivity index (χ3n) is 1.81. The molecule has 0 bridgehead atoms. The van der Waals surface area contributed by atoms with Crippen LogP contribution >= 0.6 is 0 Å². The van der Waals surface area contributed by atoms with Crippen molar-refractivity contribution in [3.8, 4) is 0 Å². The van der Waals surface area contributed by atoms with Gasteiger partial charge in [-0.1, -0.05) is 12.1 Å². The van der Waals surface area contributed by atoms with Gasteiger partial charge in [-0.05, 0) is 31.5 Å². The molecule has 0 radical (unpaired) electrons. The second-order valence-electron chi connectivity index (χ2n) is 3.45. The molecule has 0 aliphatic carbocycles. The Morgan fingerprint density at radius 1 is 1.33 bits per heavy atom. The van der Waals surface area contributed by atoms with Crippen molar-refractivity contribution in [2.24, 2.45) is 0 Å². The first-order valence-corrected chi connectivity index (χ1v) is 4.64. The lowest BCUT2D eigenvalue weighted by molar-refractivity contribution is -0.153. The predicted octanol–water partition coefficient (Wildman–Crippen LogP) is 2.38. The van der Waals surface area contributed by atoms with Crippen LogP contribution in [0.15, 0.2) is 24.3 Å². The highest BCUT2D eigenvalue weighted by Crippen LogP contribution is 2.19. The zero-order valence-electron chi connectivity index (χ0n) is 8.61. The van der Waals surface area contributed by atoms with Gasteiger partial charge in [0.2, 0.25) is 0 Å². The predicted molar refractivity (Wildman–Crippen MR) is 53.0 cm³/mol. The molecule has 0 aliphatic rings. The quantitative estimate of drug-likeness (QED) is 0.833. The standard InChI is InChI=1S/C11H13FO3/c1-7(2)15-10(11(13)14)8-3-5-9(12)6-4-8/h3-7,10H,1-2H3,(H,13,14)/t10-/m0/s1. The lowest BCUT2D eigenvalue weighted by Crippen LogP contribution is -2.19. The van der Waals surface area contributed by atoms with Crippen LogP contribution in [-0.4, -0.2) is 17.2 Å². The van der Waals surface area contributed by atoms with E-state index < -0.39 is 17.9 Å². The molecule has 3 nitrogen and oxygen atoms in total. The van der Waals surface area contributed by atoms with Crippen molar-refractivity contribution in [1.29, 1.82) is 0 Å². The summed E-state index contributed by atoms with van der Waals surface area (Å²) < 4.78 is 17.8. The molecule has 0 unspecified atom stereocenters. The second kappa shape index (κ2) is 4.89.